The van der Waals surface area contributed by atoms with Crippen LogP contribution in [0.2, 0.25) is 0 Å². The summed E-state index contributed by atoms with van der Waals surface area (Å²) in [7, 11) is 1.66. The average Bonchev–Trinajstić information content (AvgIpc) is 2.77. The Bertz CT molecular complexity index is 1020. The minimum atomic E-state index is -1.00. The zero-order valence-corrected chi connectivity index (χ0v) is 18.8. The Labute approximate surface area is 188 Å². The van der Waals surface area contributed by atoms with Crippen LogP contribution in [0.25, 0.3) is 5.57 Å². The molecule has 1 N–H and O–H groups in total. The molecule has 3 aromatic carbocycles. The number of benzene rings is 3. The second-order valence-electron chi connectivity index (χ2n) is 6.30. The van der Waals surface area contributed by atoms with Crippen LogP contribution < -0.4 is 9.47 Å². The molecular weight excluding hydrogens is 464 g/mol. The highest BCUT2D eigenvalue weighted by molar-refractivity contribution is 9.10. The second kappa shape index (κ2) is 10.9. The van der Waals surface area contributed by atoms with Crippen LogP contribution in [0.15, 0.2) is 88.2 Å². The van der Waals surface area contributed by atoms with Gasteiger partial charge in [-0.25, -0.2) is 4.79 Å². The lowest BCUT2D eigenvalue weighted by Crippen LogP contribution is -2.09. The highest BCUT2D eigenvalue weighted by Gasteiger charge is 2.07. The molecule has 154 valence electrons. The molecule has 0 spiro atoms. The van der Waals surface area contributed by atoms with E-state index in [2.05, 4.69) is 46.3 Å². The first kappa shape index (κ1) is 22.0. The Morgan fingerprint density at radius 2 is 1.73 bits per heavy atom. The highest BCUT2D eigenvalue weighted by atomic mass is 79.9. The number of carbonyl (C=O) groups is 1. The minimum Gasteiger partial charge on any atom is -0.497 e. The normalized spacial score (nSPS) is 11.2. The van der Waals surface area contributed by atoms with Crippen molar-refractivity contribution >= 4 is 39.2 Å². The number of carboxylic acid groups (broad SMARTS) is 1. The van der Waals surface area contributed by atoms with E-state index in [1.165, 1.54) is 0 Å². The van der Waals surface area contributed by atoms with Crippen LogP contribution in [0.1, 0.15) is 11.1 Å². The van der Waals surface area contributed by atoms with Crippen LogP contribution in [0.4, 0.5) is 0 Å². The van der Waals surface area contributed by atoms with Crippen molar-refractivity contribution in [1.82, 2.24) is 0 Å². The maximum absolute atomic E-state index is 10.7. The molecule has 0 fully saturated rings. The number of halogens is 1. The molecule has 0 radical (unpaired) electrons. The van der Waals surface area contributed by atoms with E-state index in [0.29, 0.717) is 5.75 Å². The summed E-state index contributed by atoms with van der Waals surface area (Å²) in [4.78, 5) is 11.7. The minimum absolute atomic E-state index is 0.365. The molecule has 30 heavy (non-hydrogen) atoms. The van der Waals surface area contributed by atoms with Gasteiger partial charge in [-0.05, 0) is 63.0 Å². The van der Waals surface area contributed by atoms with Crippen molar-refractivity contribution in [2.75, 3.05) is 19.5 Å². The predicted molar refractivity (Wildman–Crippen MR) is 125 cm³/mol. The van der Waals surface area contributed by atoms with Crippen molar-refractivity contribution in [3.63, 3.8) is 0 Å². The molecule has 0 aliphatic rings. The lowest BCUT2D eigenvalue weighted by molar-refractivity contribution is -0.139. The summed E-state index contributed by atoms with van der Waals surface area (Å²) in [6.07, 6.45) is 2.21. The quantitative estimate of drug-likeness (QED) is 0.369. The van der Waals surface area contributed by atoms with Crippen molar-refractivity contribution in [1.29, 1.82) is 0 Å². The first-order valence-corrected chi connectivity index (χ1v) is 11.0. The largest absolute Gasteiger partial charge is 0.497 e. The number of methoxy groups -OCH3 is 1. The van der Waals surface area contributed by atoms with Gasteiger partial charge in [-0.3, -0.25) is 0 Å². The number of ether oxygens (including phenoxy) is 2. The number of thioether (sulfide) groups is 1. The lowest BCUT2D eigenvalue weighted by atomic mass is 9.98. The highest BCUT2D eigenvalue weighted by Crippen LogP contribution is 2.32. The Morgan fingerprint density at radius 1 is 1.03 bits per heavy atom. The van der Waals surface area contributed by atoms with Gasteiger partial charge in [0.05, 0.1) is 11.6 Å². The smallest absolute Gasteiger partial charge is 0.341 e. The zero-order valence-electron chi connectivity index (χ0n) is 16.4. The van der Waals surface area contributed by atoms with E-state index in [4.69, 9.17) is 14.6 Å². The van der Waals surface area contributed by atoms with Crippen LogP contribution in [-0.2, 0) is 4.79 Å². The molecule has 0 saturated heterocycles. The first-order chi connectivity index (χ1) is 14.6. The van der Waals surface area contributed by atoms with Crippen LogP contribution in [0, 0.1) is 0 Å². The van der Waals surface area contributed by atoms with E-state index in [0.717, 1.165) is 37.6 Å². The number of rotatable bonds is 9. The molecule has 0 amide bonds. The predicted octanol–water partition coefficient (Wildman–Crippen LogP) is 6.15. The fourth-order valence-corrected chi connectivity index (χ4v) is 4.29. The van der Waals surface area contributed by atoms with Crippen LogP contribution >= 0.6 is 27.7 Å². The number of hydrogen-bond acceptors (Lipinski definition) is 4. The molecule has 0 aliphatic carbocycles. The Balaban J connectivity index is 1.76. The summed E-state index contributed by atoms with van der Waals surface area (Å²) in [6.45, 7) is -0.365. The first-order valence-electron chi connectivity index (χ1n) is 9.24. The molecule has 0 saturated carbocycles. The molecule has 0 bridgehead atoms. The number of hydrogen-bond donors (Lipinski definition) is 1. The maximum atomic E-state index is 10.7. The third-order valence-electron chi connectivity index (χ3n) is 4.28. The molecular formula is C24H21BrO4S. The van der Waals surface area contributed by atoms with Gasteiger partial charge < -0.3 is 14.6 Å². The van der Waals surface area contributed by atoms with E-state index in [9.17, 15) is 4.79 Å². The van der Waals surface area contributed by atoms with Gasteiger partial charge in [-0.2, -0.15) is 0 Å². The van der Waals surface area contributed by atoms with Gasteiger partial charge in [0.15, 0.2) is 6.61 Å². The van der Waals surface area contributed by atoms with Crippen molar-refractivity contribution in [2.24, 2.45) is 0 Å². The second-order valence-corrected chi connectivity index (χ2v) is 8.25. The zero-order chi connectivity index (χ0) is 21.3. The van der Waals surface area contributed by atoms with Gasteiger partial charge >= 0.3 is 5.97 Å². The fraction of sp³-hybridized carbons (Fsp3) is 0.125. The van der Waals surface area contributed by atoms with Crippen molar-refractivity contribution in [2.45, 2.75) is 4.90 Å². The average molecular weight is 485 g/mol. The number of aliphatic carboxylic acids is 1. The molecule has 0 aromatic heterocycles. The van der Waals surface area contributed by atoms with E-state index in [-0.39, 0.29) is 6.61 Å². The topological polar surface area (TPSA) is 55.8 Å². The van der Waals surface area contributed by atoms with Gasteiger partial charge in [-0.1, -0.05) is 48.5 Å². The van der Waals surface area contributed by atoms with Crippen LogP contribution in [-0.4, -0.2) is 30.5 Å². The summed E-state index contributed by atoms with van der Waals surface area (Å²) in [5.41, 5.74) is 3.44. The van der Waals surface area contributed by atoms with Crippen molar-refractivity contribution in [3.8, 4) is 11.5 Å². The van der Waals surface area contributed by atoms with Crippen LogP contribution in [0.5, 0.6) is 11.5 Å². The standard InChI is InChI=1S/C24H21BrO4S/c1-28-19-9-7-18(8-10-19)21(17-5-3-2-4-6-17)13-14-30-20-11-12-23(22(25)15-20)29-16-24(26)27/h2-13,15H,14,16H2,1H3,(H,26,27). The molecule has 3 aromatic rings. The monoisotopic (exact) mass is 484 g/mol. The summed E-state index contributed by atoms with van der Waals surface area (Å²) in [5.74, 6) is 1.12. The summed E-state index contributed by atoms with van der Waals surface area (Å²) < 4.78 is 11.3. The van der Waals surface area contributed by atoms with E-state index in [1.807, 2.05) is 42.5 Å². The molecule has 0 heterocycles. The molecule has 3 rings (SSSR count). The maximum Gasteiger partial charge on any atom is 0.341 e. The van der Waals surface area contributed by atoms with Crippen LogP contribution in [0.3, 0.4) is 0 Å². The Hall–Kier alpha value is -2.70. The lowest BCUT2D eigenvalue weighted by Gasteiger charge is -2.10. The van der Waals surface area contributed by atoms with Crippen molar-refractivity contribution in [3.05, 3.63) is 94.5 Å². The molecule has 6 heteroatoms. The molecule has 0 aliphatic heterocycles. The van der Waals surface area contributed by atoms with Crippen molar-refractivity contribution < 1.29 is 19.4 Å². The van der Waals surface area contributed by atoms with E-state index >= 15 is 0 Å². The summed E-state index contributed by atoms with van der Waals surface area (Å²) >= 11 is 5.14. The fourth-order valence-electron chi connectivity index (χ4n) is 2.84. The third-order valence-corrected chi connectivity index (χ3v) is 5.82. The Kier molecular flexibility index (Phi) is 7.99. The van der Waals surface area contributed by atoms with Gasteiger partial charge in [0.2, 0.25) is 0 Å². The Morgan fingerprint density at radius 3 is 2.37 bits per heavy atom. The van der Waals surface area contributed by atoms with Gasteiger partial charge in [0.25, 0.3) is 0 Å². The molecule has 4 nitrogen and oxygen atoms in total. The molecule has 0 unspecified atom stereocenters. The van der Waals surface area contributed by atoms with Gasteiger partial charge in [0, 0.05) is 10.6 Å². The van der Waals surface area contributed by atoms with Gasteiger partial charge in [0.1, 0.15) is 11.5 Å². The molecule has 0 atom stereocenters. The third kappa shape index (κ3) is 6.15. The van der Waals surface area contributed by atoms with Gasteiger partial charge in [-0.15, -0.1) is 11.8 Å². The summed E-state index contributed by atoms with van der Waals surface area (Å²) in [5, 5.41) is 8.75. The summed E-state index contributed by atoms with van der Waals surface area (Å²) in [6, 6.07) is 24.0. The number of carboxylic acids is 1. The van der Waals surface area contributed by atoms with E-state index < -0.39 is 5.97 Å². The SMILES string of the molecule is COc1ccc(C(=CCSc2ccc(OCC(=O)O)c(Br)c2)c2ccccc2)cc1. The van der Waals surface area contributed by atoms with E-state index in [1.54, 1.807) is 24.9 Å².